The molecule has 0 saturated heterocycles. The Labute approximate surface area is 129 Å². The average molecular weight is 308 g/mol. The first-order valence-electron chi connectivity index (χ1n) is 6.72. The number of benzene rings is 1. The first kappa shape index (κ1) is 17.9. The molecule has 0 fully saturated rings. The van der Waals surface area contributed by atoms with Gasteiger partial charge in [0.25, 0.3) is 0 Å². The van der Waals surface area contributed by atoms with Gasteiger partial charge in [-0.2, -0.15) is 0 Å². The van der Waals surface area contributed by atoms with E-state index >= 15 is 0 Å². The van der Waals surface area contributed by atoms with Gasteiger partial charge in [-0.05, 0) is 11.6 Å². The van der Waals surface area contributed by atoms with E-state index in [4.69, 9.17) is 9.47 Å². The fourth-order valence-electron chi connectivity index (χ4n) is 1.55. The molecule has 0 aliphatic heterocycles. The van der Waals surface area contributed by atoms with Crippen molar-refractivity contribution in [3.05, 3.63) is 48.0 Å². The molecule has 0 heterocycles. The summed E-state index contributed by atoms with van der Waals surface area (Å²) in [5, 5.41) is 0. The quantitative estimate of drug-likeness (QED) is 0.300. The Morgan fingerprint density at radius 2 is 1.86 bits per heavy atom. The second-order valence-corrected chi connectivity index (χ2v) is 4.32. The minimum absolute atomic E-state index is 0.0118. The van der Waals surface area contributed by atoms with Crippen LogP contribution in [0.2, 0.25) is 0 Å². The van der Waals surface area contributed by atoms with Gasteiger partial charge in [0.15, 0.2) is 0 Å². The third-order valence-electron chi connectivity index (χ3n) is 2.72. The Bertz CT molecular complexity index is 483. The van der Waals surface area contributed by atoms with Crippen molar-refractivity contribution >= 4 is 11.9 Å². The van der Waals surface area contributed by atoms with Crippen molar-refractivity contribution < 1.29 is 28.5 Å². The summed E-state index contributed by atoms with van der Waals surface area (Å²) in [6.07, 6.45) is 2.00. The van der Waals surface area contributed by atoms with Crippen molar-refractivity contribution in [3.63, 3.8) is 0 Å². The number of hydrogen-bond acceptors (Lipinski definition) is 6. The summed E-state index contributed by atoms with van der Waals surface area (Å²) in [7, 11) is 2.56. The van der Waals surface area contributed by atoms with Crippen molar-refractivity contribution in [1.29, 1.82) is 0 Å². The second-order valence-electron chi connectivity index (χ2n) is 4.32. The molecule has 1 aromatic carbocycles. The predicted octanol–water partition coefficient (Wildman–Crippen LogP) is 1.84. The predicted molar refractivity (Wildman–Crippen MR) is 78.8 cm³/mol. The van der Waals surface area contributed by atoms with Gasteiger partial charge in [-0.25, -0.2) is 4.79 Å². The van der Waals surface area contributed by atoms with Crippen LogP contribution in [0.3, 0.4) is 0 Å². The lowest BCUT2D eigenvalue weighted by Crippen LogP contribution is -2.18. The maximum atomic E-state index is 11.3. The summed E-state index contributed by atoms with van der Waals surface area (Å²) in [4.78, 5) is 22.4. The Kier molecular flexibility index (Phi) is 8.56. The normalized spacial score (nSPS) is 12.1. The van der Waals surface area contributed by atoms with E-state index in [1.807, 2.05) is 30.3 Å². The number of rotatable bonds is 9. The van der Waals surface area contributed by atoms with Gasteiger partial charge in [0.2, 0.25) is 0 Å². The van der Waals surface area contributed by atoms with Gasteiger partial charge in [-0.1, -0.05) is 30.3 Å². The molecule has 0 aliphatic carbocycles. The summed E-state index contributed by atoms with van der Waals surface area (Å²) < 4.78 is 19.9. The molecule has 6 heteroatoms. The highest BCUT2D eigenvalue weighted by molar-refractivity contribution is 5.82. The molecule has 1 aromatic rings. The van der Waals surface area contributed by atoms with E-state index in [2.05, 4.69) is 9.47 Å². The van der Waals surface area contributed by atoms with Crippen molar-refractivity contribution in [3.8, 4) is 0 Å². The van der Waals surface area contributed by atoms with Crippen molar-refractivity contribution in [2.75, 3.05) is 21.0 Å². The Hall–Kier alpha value is -2.18. The standard InChI is InChI=1S/C16H20O6/c1-19-15(17)9-8-14(10-16(18)20-2)22-12-21-11-13-6-4-3-5-7-13/h3-9,14H,10-12H2,1-2H3/b9-8+/t14-/m1/s1. The lowest BCUT2D eigenvalue weighted by molar-refractivity contribution is -0.146. The van der Waals surface area contributed by atoms with Gasteiger partial charge in [-0.15, -0.1) is 0 Å². The summed E-state index contributed by atoms with van der Waals surface area (Å²) in [5.74, 6) is -0.966. The highest BCUT2D eigenvalue weighted by Gasteiger charge is 2.12. The van der Waals surface area contributed by atoms with Crippen LogP contribution in [0.4, 0.5) is 0 Å². The van der Waals surface area contributed by atoms with Gasteiger partial charge in [0.05, 0.1) is 33.4 Å². The summed E-state index contributed by atoms with van der Waals surface area (Å²) in [5.41, 5.74) is 1.01. The van der Waals surface area contributed by atoms with Crippen LogP contribution in [0.25, 0.3) is 0 Å². The third-order valence-corrected chi connectivity index (χ3v) is 2.72. The van der Waals surface area contributed by atoms with Gasteiger partial charge in [0, 0.05) is 6.08 Å². The summed E-state index contributed by atoms with van der Waals surface area (Å²) >= 11 is 0. The van der Waals surface area contributed by atoms with Gasteiger partial charge >= 0.3 is 11.9 Å². The smallest absolute Gasteiger partial charge is 0.330 e. The van der Waals surface area contributed by atoms with Gasteiger partial charge < -0.3 is 18.9 Å². The zero-order chi connectivity index (χ0) is 16.2. The lowest BCUT2D eigenvalue weighted by atomic mass is 10.2. The van der Waals surface area contributed by atoms with Crippen LogP contribution in [-0.4, -0.2) is 39.1 Å². The second kappa shape index (κ2) is 10.5. The van der Waals surface area contributed by atoms with E-state index in [9.17, 15) is 9.59 Å². The van der Waals surface area contributed by atoms with E-state index in [-0.39, 0.29) is 13.2 Å². The largest absolute Gasteiger partial charge is 0.469 e. The third kappa shape index (κ3) is 7.56. The Morgan fingerprint density at radius 3 is 2.50 bits per heavy atom. The minimum atomic E-state index is -0.623. The van der Waals surface area contributed by atoms with Crippen LogP contribution in [0.5, 0.6) is 0 Å². The minimum Gasteiger partial charge on any atom is -0.469 e. The molecule has 1 atom stereocenters. The highest BCUT2D eigenvalue weighted by Crippen LogP contribution is 2.05. The Balaban J connectivity index is 2.41. The molecule has 0 saturated carbocycles. The van der Waals surface area contributed by atoms with Crippen LogP contribution in [-0.2, 0) is 35.1 Å². The number of carbonyl (C=O) groups is 2. The molecule has 0 radical (unpaired) electrons. The lowest BCUT2D eigenvalue weighted by Gasteiger charge is -2.13. The molecule has 0 spiro atoms. The van der Waals surface area contributed by atoms with Gasteiger partial charge in [-0.3, -0.25) is 4.79 Å². The highest BCUT2D eigenvalue weighted by atomic mass is 16.7. The number of hydrogen-bond donors (Lipinski definition) is 0. The molecular weight excluding hydrogens is 288 g/mol. The molecular formula is C16H20O6. The molecule has 0 unspecified atom stereocenters. The van der Waals surface area contributed by atoms with Crippen LogP contribution < -0.4 is 0 Å². The number of methoxy groups -OCH3 is 2. The SMILES string of the molecule is COC(=O)/C=C/[C@H](CC(=O)OC)OCOCc1ccccc1. The van der Waals surface area contributed by atoms with Crippen molar-refractivity contribution in [2.45, 2.75) is 19.1 Å². The van der Waals surface area contributed by atoms with E-state index in [1.165, 1.54) is 26.4 Å². The van der Waals surface area contributed by atoms with E-state index in [0.717, 1.165) is 5.56 Å². The first-order chi connectivity index (χ1) is 10.7. The van der Waals surface area contributed by atoms with Crippen LogP contribution in [0, 0.1) is 0 Å². The molecule has 0 aromatic heterocycles. The molecule has 6 nitrogen and oxygen atoms in total. The fourth-order valence-corrected chi connectivity index (χ4v) is 1.55. The zero-order valence-corrected chi connectivity index (χ0v) is 12.7. The first-order valence-corrected chi connectivity index (χ1v) is 6.72. The monoisotopic (exact) mass is 308 g/mol. The average Bonchev–Trinajstić information content (AvgIpc) is 2.56. The number of ether oxygens (including phenoxy) is 4. The zero-order valence-electron chi connectivity index (χ0n) is 12.7. The van der Waals surface area contributed by atoms with E-state index in [1.54, 1.807) is 0 Å². The maximum absolute atomic E-state index is 11.3. The summed E-state index contributed by atoms with van der Waals surface area (Å²) in [6.45, 7) is 0.384. The molecule has 0 aliphatic rings. The topological polar surface area (TPSA) is 71.1 Å². The summed E-state index contributed by atoms with van der Waals surface area (Å²) in [6, 6.07) is 9.62. The number of carbonyl (C=O) groups excluding carboxylic acids is 2. The molecule has 22 heavy (non-hydrogen) atoms. The fraction of sp³-hybridized carbons (Fsp3) is 0.375. The Morgan fingerprint density at radius 1 is 1.14 bits per heavy atom. The van der Waals surface area contributed by atoms with Crippen LogP contribution in [0.1, 0.15) is 12.0 Å². The van der Waals surface area contributed by atoms with Crippen LogP contribution in [0.15, 0.2) is 42.5 Å². The van der Waals surface area contributed by atoms with E-state index < -0.39 is 18.0 Å². The van der Waals surface area contributed by atoms with Crippen molar-refractivity contribution in [1.82, 2.24) is 0 Å². The molecule has 0 N–H and O–H groups in total. The molecule has 0 amide bonds. The maximum Gasteiger partial charge on any atom is 0.330 e. The molecule has 0 bridgehead atoms. The molecule has 1 rings (SSSR count). The molecule has 120 valence electrons. The van der Waals surface area contributed by atoms with E-state index in [0.29, 0.717) is 6.61 Å². The number of esters is 2. The van der Waals surface area contributed by atoms with Crippen LogP contribution >= 0.6 is 0 Å². The van der Waals surface area contributed by atoms with Gasteiger partial charge in [0.1, 0.15) is 6.79 Å². The van der Waals surface area contributed by atoms with Crippen molar-refractivity contribution in [2.24, 2.45) is 0 Å².